The first-order valence-corrected chi connectivity index (χ1v) is 5.69. The molecule has 2 nitrogen and oxygen atoms in total. The summed E-state index contributed by atoms with van der Waals surface area (Å²) in [7, 11) is 2.12. The second kappa shape index (κ2) is 6.46. The highest BCUT2D eigenvalue weighted by atomic mass is 16.2. The number of hydrogen-bond donors (Lipinski definition) is 1. The van der Waals surface area contributed by atoms with E-state index in [1.165, 1.54) is 11.3 Å². The third-order valence-electron chi connectivity index (χ3n) is 2.69. The van der Waals surface area contributed by atoms with Gasteiger partial charge in [0.1, 0.15) is 0 Å². The van der Waals surface area contributed by atoms with Gasteiger partial charge in [0.2, 0.25) is 0 Å². The fourth-order valence-corrected chi connectivity index (χ4v) is 1.76. The topological polar surface area (TPSA) is 23.5 Å². The molecule has 2 heteroatoms. The van der Waals surface area contributed by atoms with Gasteiger partial charge in [0.05, 0.1) is 0 Å². The van der Waals surface area contributed by atoms with Crippen molar-refractivity contribution in [1.29, 1.82) is 0 Å². The summed E-state index contributed by atoms with van der Waals surface area (Å²) in [5.74, 6) is 0. The van der Waals surface area contributed by atoms with E-state index in [2.05, 4.69) is 43.1 Å². The number of unbranched alkanes of at least 4 members (excludes halogenated alkanes) is 1. The molecule has 1 aromatic rings. The summed E-state index contributed by atoms with van der Waals surface area (Å²) in [6.07, 6.45) is 3.00. The van der Waals surface area contributed by atoms with Gasteiger partial charge in [-0.2, -0.15) is 0 Å². The van der Waals surface area contributed by atoms with Crippen molar-refractivity contribution in [2.45, 2.75) is 26.2 Å². The first-order valence-electron chi connectivity index (χ1n) is 5.69. The molecule has 0 bridgehead atoms. The molecule has 0 aliphatic carbocycles. The molecule has 0 saturated carbocycles. The molecule has 1 aromatic carbocycles. The number of hydrogen-bond acceptors (Lipinski definition) is 2. The monoisotopic (exact) mass is 207 g/mol. The molecule has 0 aliphatic rings. The van der Waals surface area contributed by atoms with Gasteiger partial charge < -0.3 is 10.0 Å². The van der Waals surface area contributed by atoms with Crippen LogP contribution < -0.4 is 4.90 Å². The van der Waals surface area contributed by atoms with Gasteiger partial charge in [-0.25, -0.2) is 0 Å². The molecule has 0 spiro atoms. The number of aryl methyl sites for hydroxylation is 1. The van der Waals surface area contributed by atoms with Crippen molar-refractivity contribution < 1.29 is 5.11 Å². The molecule has 15 heavy (non-hydrogen) atoms. The van der Waals surface area contributed by atoms with Crippen molar-refractivity contribution in [3.05, 3.63) is 29.8 Å². The van der Waals surface area contributed by atoms with Crippen LogP contribution in [0.4, 0.5) is 5.69 Å². The Labute approximate surface area is 92.5 Å². The quantitative estimate of drug-likeness (QED) is 0.724. The van der Waals surface area contributed by atoms with Crippen LogP contribution in [-0.2, 0) is 6.42 Å². The standard InChI is InChI=1S/C13H21NO/c1-3-12-8-4-5-9-13(12)14(2)10-6-7-11-15/h4-5,8-9,15H,3,6-7,10-11H2,1-2H3. The van der Waals surface area contributed by atoms with Crippen molar-refractivity contribution in [2.24, 2.45) is 0 Å². The number of nitrogens with zero attached hydrogens (tertiary/aromatic N) is 1. The minimum Gasteiger partial charge on any atom is -0.396 e. The Balaban J connectivity index is 2.59. The third kappa shape index (κ3) is 3.56. The molecular formula is C13H21NO. The van der Waals surface area contributed by atoms with Crippen molar-refractivity contribution in [3.8, 4) is 0 Å². The predicted octanol–water partition coefficient (Wildman–Crippen LogP) is 2.46. The first kappa shape index (κ1) is 12.1. The van der Waals surface area contributed by atoms with E-state index in [1.807, 2.05) is 0 Å². The SMILES string of the molecule is CCc1ccccc1N(C)CCCCO. The van der Waals surface area contributed by atoms with Gasteiger partial charge in [-0.3, -0.25) is 0 Å². The van der Waals surface area contributed by atoms with Crippen LogP contribution in [-0.4, -0.2) is 25.3 Å². The first-order chi connectivity index (χ1) is 7.29. The van der Waals surface area contributed by atoms with Crippen molar-refractivity contribution >= 4 is 5.69 Å². The second-order valence-electron chi connectivity index (χ2n) is 3.83. The zero-order valence-electron chi connectivity index (χ0n) is 9.74. The lowest BCUT2D eigenvalue weighted by Crippen LogP contribution is -2.20. The van der Waals surface area contributed by atoms with Crippen LogP contribution in [0.1, 0.15) is 25.3 Å². The smallest absolute Gasteiger partial charge is 0.0431 e. The second-order valence-corrected chi connectivity index (χ2v) is 3.83. The summed E-state index contributed by atoms with van der Waals surface area (Å²) in [5.41, 5.74) is 2.71. The summed E-state index contributed by atoms with van der Waals surface area (Å²) < 4.78 is 0. The van der Waals surface area contributed by atoms with Crippen LogP contribution in [0.25, 0.3) is 0 Å². The van der Waals surface area contributed by atoms with E-state index in [1.54, 1.807) is 0 Å². The molecule has 0 aromatic heterocycles. The number of aliphatic hydroxyl groups excluding tert-OH is 1. The maximum Gasteiger partial charge on any atom is 0.0431 e. The van der Waals surface area contributed by atoms with E-state index < -0.39 is 0 Å². The van der Waals surface area contributed by atoms with Crippen LogP contribution >= 0.6 is 0 Å². The highest BCUT2D eigenvalue weighted by Gasteiger charge is 2.04. The largest absolute Gasteiger partial charge is 0.396 e. The van der Waals surface area contributed by atoms with E-state index in [0.29, 0.717) is 6.61 Å². The Bertz CT molecular complexity index is 286. The molecule has 1 N–H and O–H groups in total. The number of aliphatic hydroxyl groups is 1. The van der Waals surface area contributed by atoms with Gasteiger partial charge in [-0.1, -0.05) is 25.1 Å². The molecule has 0 radical (unpaired) electrons. The summed E-state index contributed by atoms with van der Waals surface area (Å²) in [6, 6.07) is 8.51. The molecule has 0 atom stereocenters. The average molecular weight is 207 g/mol. The molecule has 0 aliphatic heterocycles. The number of anilines is 1. The minimum atomic E-state index is 0.295. The molecular weight excluding hydrogens is 186 g/mol. The van der Waals surface area contributed by atoms with E-state index in [-0.39, 0.29) is 0 Å². The highest BCUT2D eigenvalue weighted by Crippen LogP contribution is 2.19. The summed E-state index contributed by atoms with van der Waals surface area (Å²) >= 11 is 0. The summed E-state index contributed by atoms with van der Waals surface area (Å²) in [5, 5.41) is 8.73. The Morgan fingerprint density at radius 3 is 2.60 bits per heavy atom. The minimum absolute atomic E-state index is 0.295. The normalized spacial score (nSPS) is 10.3. The third-order valence-corrected chi connectivity index (χ3v) is 2.69. The van der Waals surface area contributed by atoms with Gasteiger partial charge in [-0.05, 0) is 30.9 Å². The lowest BCUT2D eigenvalue weighted by Gasteiger charge is -2.21. The van der Waals surface area contributed by atoms with Crippen LogP contribution in [0.5, 0.6) is 0 Å². The highest BCUT2D eigenvalue weighted by molar-refractivity contribution is 5.52. The molecule has 1 rings (SSSR count). The van der Waals surface area contributed by atoms with E-state index in [4.69, 9.17) is 5.11 Å². The van der Waals surface area contributed by atoms with Crippen LogP contribution in [0.15, 0.2) is 24.3 Å². The molecule has 0 amide bonds. The molecule has 0 unspecified atom stereocenters. The Morgan fingerprint density at radius 1 is 1.20 bits per heavy atom. The number of rotatable bonds is 6. The molecule has 84 valence electrons. The van der Waals surface area contributed by atoms with Crippen LogP contribution in [0.3, 0.4) is 0 Å². The van der Waals surface area contributed by atoms with Gasteiger partial charge in [0, 0.05) is 25.9 Å². The molecule has 0 saturated heterocycles. The number of benzene rings is 1. The van der Waals surface area contributed by atoms with Crippen molar-refractivity contribution in [2.75, 3.05) is 25.1 Å². The van der Waals surface area contributed by atoms with Gasteiger partial charge >= 0.3 is 0 Å². The van der Waals surface area contributed by atoms with Crippen LogP contribution in [0, 0.1) is 0 Å². The number of para-hydroxylation sites is 1. The summed E-state index contributed by atoms with van der Waals surface area (Å²) in [6.45, 7) is 3.49. The Hall–Kier alpha value is -1.02. The average Bonchev–Trinajstić information content (AvgIpc) is 2.29. The molecule has 0 heterocycles. The Morgan fingerprint density at radius 2 is 1.93 bits per heavy atom. The summed E-state index contributed by atoms with van der Waals surface area (Å²) in [4.78, 5) is 2.27. The van der Waals surface area contributed by atoms with E-state index in [0.717, 1.165) is 25.8 Å². The fourth-order valence-electron chi connectivity index (χ4n) is 1.76. The van der Waals surface area contributed by atoms with E-state index in [9.17, 15) is 0 Å². The zero-order chi connectivity index (χ0) is 11.1. The van der Waals surface area contributed by atoms with Crippen molar-refractivity contribution in [1.82, 2.24) is 0 Å². The van der Waals surface area contributed by atoms with Gasteiger partial charge in [-0.15, -0.1) is 0 Å². The van der Waals surface area contributed by atoms with Gasteiger partial charge in [0.15, 0.2) is 0 Å². The maximum atomic E-state index is 8.73. The zero-order valence-corrected chi connectivity index (χ0v) is 9.74. The van der Waals surface area contributed by atoms with Gasteiger partial charge in [0.25, 0.3) is 0 Å². The maximum absolute atomic E-state index is 8.73. The Kier molecular flexibility index (Phi) is 5.19. The van der Waals surface area contributed by atoms with Crippen LogP contribution in [0.2, 0.25) is 0 Å². The van der Waals surface area contributed by atoms with Crippen molar-refractivity contribution in [3.63, 3.8) is 0 Å². The predicted molar refractivity (Wildman–Crippen MR) is 65.4 cm³/mol. The lowest BCUT2D eigenvalue weighted by atomic mass is 10.1. The fraction of sp³-hybridized carbons (Fsp3) is 0.538. The van der Waals surface area contributed by atoms with E-state index >= 15 is 0 Å². The molecule has 0 fully saturated rings. The lowest BCUT2D eigenvalue weighted by molar-refractivity contribution is 0.285.